The summed E-state index contributed by atoms with van der Waals surface area (Å²) in [5, 5.41) is 9.04. The lowest BCUT2D eigenvalue weighted by Gasteiger charge is -1.98. The van der Waals surface area contributed by atoms with Crippen molar-refractivity contribution in [3.8, 4) is 11.8 Å². The normalized spacial score (nSPS) is 11.5. The Labute approximate surface area is 62.8 Å². The average Bonchev–Trinajstić information content (AvgIpc) is 1.87. The molecule has 1 N–H and O–H groups in total. The molecule has 1 heteroatoms. The maximum absolute atomic E-state index is 9.04. The van der Waals surface area contributed by atoms with Crippen molar-refractivity contribution >= 4 is 0 Å². The van der Waals surface area contributed by atoms with Crippen LogP contribution >= 0.6 is 0 Å². The van der Waals surface area contributed by atoms with E-state index in [0.29, 0.717) is 6.42 Å². The van der Waals surface area contributed by atoms with Gasteiger partial charge in [0.1, 0.15) is 0 Å². The summed E-state index contributed by atoms with van der Waals surface area (Å²) in [5.41, 5.74) is 0.850. The van der Waals surface area contributed by atoms with E-state index in [2.05, 4.69) is 18.4 Å². The molecule has 0 fully saturated rings. The number of aliphatic hydroxyl groups is 1. The van der Waals surface area contributed by atoms with Gasteiger partial charge in [0, 0.05) is 6.42 Å². The van der Waals surface area contributed by atoms with Gasteiger partial charge in [-0.3, -0.25) is 0 Å². The first-order valence-corrected chi connectivity index (χ1v) is 3.49. The summed E-state index contributed by atoms with van der Waals surface area (Å²) in [6, 6.07) is 0. The van der Waals surface area contributed by atoms with Crippen LogP contribution in [-0.2, 0) is 0 Å². The monoisotopic (exact) mass is 138 g/mol. The summed E-state index contributed by atoms with van der Waals surface area (Å²) in [6.07, 6.45) is 1.06. The molecule has 0 aliphatic rings. The third-order valence-electron chi connectivity index (χ3n) is 1.11. The van der Waals surface area contributed by atoms with Gasteiger partial charge in [-0.05, 0) is 18.9 Å². The summed E-state index contributed by atoms with van der Waals surface area (Å²) in [7, 11) is 0. The summed E-state index contributed by atoms with van der Waals surface area (Å²) in [4.78, 5) is 0. The minimum absolute atomic E-state index is 0.271. The van der Waals surface area contributed by atoms with Gasteiger partial charge in [0.25, 0.3) is 0 Å². The summed E-state index contributed by atoms with van der Waals surface area (Å²) in [6.45, 7) is 7.41. The molecule has 56 valence electrons. The molecule has 1 atom stereocenters. The van der Waals surface area contributed by atoms with Gasteiger partial charge in [0.15, 0.2) is 0 Å². The maximum atomic E-state index is 9.04. The maximum Gasteiger partial charge on any atom is 0.0646 e. The Balaban J connectivity index is 3.55. The second kappa shape index (κ2) is 5.08. The Morgan fingerprint density at radius 2 is 2.30 bits per heavy atom. The van der Waals surface area contributed by atoms with Gasteiger partial charge in [0.2, 0.25) is 0 Å². The first-order valence-electron chi connectivity index (χ1n) is 3.49. The molecule has 0 heterocycles. The van der Waals surface area contributed by atoms with E-state index in [4.69, 9.17) is 5.11 Å². The van der Waals surface area contributed by atoms with E-state index >= 15 is 0 Å². The Morgan fingerprint density at radius 3 is 2.70 bits per heavy atom. The van der Waals surface area contributed by atoms with Crippen LogP contribution in [0, 0.1) is 11.8 Å². The molecule has 0 amide bonds. The molecular weight excluding hydrogens is 124 g/mol. The zero-order valence-corrected chi connectivity index (χ0v) is 6.65. The number of allylic oxidation sites excluding steroid dienone is 1. The van der Waals surface area contributed by atoms with Gasteiger partial charge >= 0.3 is 0 Å². The molecule has 0 aromatic rings. The van der Waals surface area contributed by atoms with Crippen LogP contribution in [0.5, 0.6) is 0 Å². The van der Waals surface area contributed by atoms with Gasteiger partial charge < -0.3 is 5.11 Å². The Hall–Kier alpha value is -0.740. The van der Waals surface area contributed by atoms with Crippen LogP contribution in [-0.4, -0.2) is 11.2 Å². The van der Waals surface area contributed by atoms with Gasteiger partial charge in [-0.2, -0.15) is 0 Å². The first-order chi connectivity index (χ1) is 4.66. The number of rotatable bonds is 2. The summed E-state index contributed by atoms with van der Waals surface area (Å²) < 4.78 is 0. The smallest absolute Gasteiger partial charge is 0.0646 e. The highest BCUT2D eigenvalue weighted by Crippen LogP contribution is 1.94. The minimum Gasteiger partial charge on any atom is -0.392 e. The molecule has 10 heavy (non-hydrogen) atoms. The van der Waals surface area contributed by atoms with Crippen molar-refractivity contribution in [2.24, 2.45) is 0 Å². The molecule has 0 aromatic carbocycles. The van der Waals surface area contributed by atoms with Crippen LogP contribution in [0.15, 0.2) is 12.2 Å². The second-order valence-electron chi connectivity index (χ2n) is 2.35. The van der Waals surface area contributed by atoms with Crippen LogP contribution in [0.1, 0.15) is 26.7 Å². The molecular formula is C9H14O. The number of hydrogen-bond donors (Lipinski definition) is 1. The standard InChI is InChI=1S/C9H14O/c1-4-9(10)7-5-6-8(2)3/h9-10H,2,4,7H2,1,3H3/t9-/m1/s1. The second-order valence-corrected chi connectivity index (χ2v) is 2.35. The highest BCUT2D eigenvalue weighted by atomic mass is 16.3. The fourth-order valence-electron chi connectivity index (χ4n) is 0.464. The van der Waals surface area contributed by atoms with Crippen LogP contribution in [0.4, 0.5) is 0 Å². The van der Waals surface area contributed by atoms with E-state index < -0.39 is 0 Å². The van der Waals surface area contributed by atoms with E-state index in [-0.39, 0.29) is 6.10 Å². The third kappa shape index (κ3) is 5.40. The van der Waals surface area contributed by atoms with Crippen molar-refractivity contribution in [3.63, 3.8) is 0 Å². The minimum atomic E-state index is -0.271. The van der Waals surface area contributed by atoms with Gasteiger partial charge in [0.05, 0.1) is 6.10 Å². The predicted octanol–water partition coefficient (Wildman–Crippen LogP) is 1.73. The lowest BCUT2D eigenvalue weighted by atomic mass is 10.2. The SMILES string of the molecule is C=C(C)C#CC[C@H](O)CC. The zero-order chi connectivity index (χ0) is 7.98. The molecule has 0 spiro atoms. The van der Waals surface area contributed by atoms with Crippen LogP contribution in [0.3, 0.4) is 0 Å². The average molecular weight is 138 g/mol. The first kappa shape index (κ1) is 9.26. The van der Waals surface area contributed by atoms with Gasteiger partial charge in [-0.1, -0.05) is 25.3 Å². The van der Waals surface area contributed by atoms with Crippen molar-refractivity contribution in [2.45, 2.75) is 32.8 Å². The van der Waals surface area contributed by atoms with Crippen LogP contribution in [0.25, 0.3) is 0 Å². The van der Waals surface area contributed by atoms with E-state index in [1.807, 2.05) is 13.8 Å². The molecule has 0 bridgehead atoms. The molecule has 0 radical (unpaired) electrons. The predicted molar refractivity (Wildman–Crippen MR) is 43.5 cm³/mol. The Bertz CT molecular complexity index is 159. The summed E-state index contributed by atoms with van der Waals surface area (Å²) >= 11 is 0. The highest BCUT2D eigenvalue weighted by Gasteiger charge is 1.94. The molecule has 0 saturated heterocycles. The van der Waals surface area contributed by atoms with E-state index in [9.17, 15) is 0 Å². The topological polar surface area (TPSA) is 20.2 Å². The number of hydrogen-bond acceptors (Lipinski definition) is 1. The van der Waals surface area contributed by atoms with Gasteiger partial charge in [-0.25, -0.2) is 0 Å². The largest absolute Gasteiger partial charge is 0.392 e. The van der Waals surface area contributed by atoms with Crippen molar-refractivity contribution < 1.29 is 5.11 Å². The van der Waals surface area contributed by atoms with E-state index in [1.165, 1.54) is 0 Å². The highest BCUT2D eigenvalue weighted by molar-refractivity contribution is 5.23. The third-order valence-corrected chi connectivity index (χ3v) is 1.11. The molecule has 0 aliphatic carbocycles. The van der Waals surface area contributed by atoms with Crippen molar-refractivity contribution in [1.29, 1.82) is 0 Å². The Kier molecular flexibility index (Phi) is 4.70. The molecule has 1 nitrogen and oxygen atoms in total. The lowest BCUT2D eigenvalue weighted by Crippen LogP contribution is -2.01. The fourth-order valence-corrected chi connectivity index (χ4v) is 0.464. The van der Waals surface area contributed by atoms with E-state index in [1.54, 1.807) is 0 Å². The molecule has 0 aromatic heterocycles. The molecule has 0 rings (SSSR count). The molecule has 0 unspecified atom stereocenters. The zero-order valence-electron chi connectivity index (χ0n) is 6.65. The Morgan fingerprint density at radius 1 is 1.70 bits per heavy atom. The molecule has 0 aliphatic heterocycles. The van der Waals surface area contributed by atoms with Gasteiger partial charge in [-0.15, -0.1) is 0 Å². The van der Waals surface area contributed by atoms with Crippen LogP contribution in [0.2, 0.25) is 0 Å². The lowest BCUT2D eigenvalue weighted by molar-refractivity contribution is 0.176. The fraction of sp³-hybridized carbons (Fsp3) is 0.556. The van der Waals surface area contributed by atoms with Crippen molar-refractivity contribution in [2.75, 3.05) is 0 Å². The van der Waals surface area contributed by atoms with Crippen LogP contribution < -0.4 is 0 Å². The number of aliphatic hydroxyl groups excluding tert-OH is 1. The van der Waals surface area contributed by atoms with E-state index in [0.717, 1.165) is 12.0 Å². The molecule has 0 saturated carbocycles. The van der Waals surface area contributed by atoms with Crippen molar-refractivity contribution in [1.82, 2.24) is 0 Å². The summed E-state index contributed by atoms with van der Waals surface area (Å²) in [5.74, 6) is 5.64. The quantitative estimate of drug-likeness (QED) is 0.576. The van der Waals surface area contributed by atoms with Crippen molar-refractivity contribution in [3.05, 3.63) is 12.2 Å².